The highest BCUT2D eigenvalue weighted by Gasteiger charge is 2.15. The molecule has 0 atom stereocenters. The Morgan fingerprint density at radius 1 is 0.926 bits per heavy atom. The average Bonchev–Trinajstić information content (AvgIpc) is 3.09. The maximum atomic E-state index is 12.6. The fourth-order valence-electron chi connectivity index (χ4n) is 2.89. The van der Waals surface area contributed by atoms with Gasteiger partial charge in [-0.1, -0.05) is 18.2 Å². The van der Waals surface area contributed by atoms with Crippen molar-refractivity contribution in [2.75, 3.05) is 4.72 Å². The normalized spacial score (nSPS) is 11.6. The van der Waals surface area contributed by atoms with Crippen molar-refractivity contribution in [2.45, 2.75) is 18.7 Å². The fourth-order valence-corrected chi connectivity index (χ4v) is 4.14. The standard InChI is InChI=1S/C19H17N5O2S/c1-13-9-14(2)11-17(10-13)27(25,26)23-16-5-3-15(4-6-16)18-7-8-19-21-20-12-24(19)22-18/h3-12,23H,1-2H3. The molecule has 136 valence electrons. The summed E-state index contributed by atoms with van der Waals surface area (Å²) in [6.45, 7) is 3.75. The molecule has 7 nitrogen and oxygen atoms in total. The Labute approximate surface area is 156 Å². The lowest BCUT2D eigenvalue weighted by Crippen LogP contribution is -2.13. The number of hydrogen-bond acceptors (Lipinski definition) is 5. The summed E-state index contributed by atoms with van der Waals surface area (Å²) in [5, 5.41) is 12.2. The zero-order valence-corrected chi connectivity index (χ0v) is 15.6. The van der Waals surface area contributed by atoms with E-state index in [1.54, 1.807) is 28.8 Å². The third-order valence-corrected chi connectivity index (χ3v) is 5.46. The third kappa shape index (κ3) is 3.52. The van der Waals surface area contributed by atoms with Gasteiger partial charge in [0.2, 0.25) is 0 Å². The predicted octanol–water partition coefficient (Wildman–Crippen LogP) is 3.21. The van der Waals surface area contributed by atoms with Gasteiger partial charge in [-0.05, 0) is 61.4 Å². The van der Waals surface area contributed by atoms with Crippen molar-refractivity contribution in [1.29, 1.82) is 0 Å². The van der Waals surface area contributed by atoms with E-state index < -0.39 is 10.0 Å². The molecule has 0 aliphatic rings. The SMILES string of the molecule is Cc1cc(C)cc(S(=O)(=O)Nc2ccc(-c3ccc4nncn4n3)cc2)c1. The lowest BCUT2D eigenvalue weighted by Gasteiger charge is -2.10. The highest BCUT2D eigenvalue weighted by molar-refractivity contribution is 7.92. The molecule has 0 saturated heterocycles. The lowest BCUT2D eigenvalue weighted by atomic mass is 10.1. The van der Waals surface area contributed by atoms with Crippen LogP contribution in [-0.4, -0.2) is 28.2 Å². The van der Waals surface area contributed by atoms with Gasteiger partial charge in [-0.2, -0.15) is 9.61 Å². The molecule has 0 spiro atoms. The molecule has 4 aromatic rings. The summed E-state index contributed by atoms with van der Waals surface area (Å²) in [6.07, 6.45) is 1.53. The molecule has 0 unspecified atom stereocenters. The summed E-state index contributed by atoms with van der Waals surface area (Å²) in [5.74, 6) is 0. The van der Waals surface area contributed by atoms with E-state index in [0.717, 1.165) is 22.4 Å². The topological polar surface area (TPSA) is 89.2 Å². The molecule has 0 saturated carbocycles. The van der Waals surface area contributed by atoms with Gasteiger partial charge in [0.05, 0.1) is 10.6 Å². The van der Waals surface area contributed by atoms with Crippen LogP contribution in [0.4, 0.5) is 5.69 Å². The Kier molecular flexibility index (Phi) is 4.12. The summed E-state index contributed by atoms with van der Waals surface area (Å²) in [4.78, 5) is 0.254. The molecular formula is C19H17N5O2S. The van der Waals surface area contributed by atoms with Crippen LogP contribution in [-0.2, 0) is 10.0 Å². The Morgan fingerprint density at radius 3 is 2.33 bits per heavy atom. The molecule has 0 bridgehead atoms. The van der Waals surface area contributed by atoms with Gasteiger partial charge in [0, 0.05) is 11.3 Å². The molecule has 0 aliphatic carbocycles. The Balaban J connectivity index is 1.60. The molecule has 2 aromatic carbocycles. The molecule has 8 heteroatoms. The summed E-state index contributed by atoms with van der Waals surface area (Å²) in [5.41, 5.74) is 4.56. The molecule has 4 rings (SSSR count). The molecule has 0 aliphatic heterocycles. The Bertz CT molecular complexity index is 1210. The summed E-state index contributed by atoms with van der Waals surface area (Å²) < 4.78 is 29.5. The summed E-state index contributed by atoms with van der Waals surface area (Å²) in [7, 11) is -3.64. The first-order valence-electron chi connectivity index (χ1n) is 8.29. The second kappa shape index (κ2) is 6.48. The second-order valence-corrected chi connectivity index (χ2v) is 8.04. The number of nitrogens with zero attached hydrogens (tertiary/aromatic N) is 4. The van der Waals surface area contributed by atoms with Gasteiger partial charge < -0.3 is 0 Å². The van der Waals surface area contributed by atoms with Gasteiger partial charge in [-0.15, -0.1) is 10.2 Å². The maximum absolute atomic E-state index is 12.6. The molecule has 0 fully saturated rings. The summed E-state index contributed by atoms with van der Waals surface area (Å²) >= 11 is 0. The van der Waals surface area contributed by atoms with Crippen molar-refractivity contribution in [2.24, 2.45) is 0 Å². The van der Waals surface area contributed by atoms with Crippen LogP contribution >= 0.6 is 0 Å². The number of aryl methyl sites for hydroxylation is 2. The number of sulfonamides is 1. The number of hydrogen-bond donors (Lipinski definition) is 1. The van der Waals surface area contributed by atoms with Crippen molar-refractivity contribution in [3.05, 3.63) is 72.1 Å². The molecule has 2 heterocycles. The van der Waals surface area contributed by atoms with Crippen molar-refractivity contribution < 1.29 is 8.42 Å². The first-order valence-corrected chi connectivity index (χ1v) is 9.78. The molecule has 2 aromatic heterocycles. The molecule has 0 radical (unpaired) electrons. The number of aromatic nitrogens is 4. The van der Waals surface area contributed by atoms with E-state index in [0.29, 0.717) is 11.3 Å². The van der Waals surface area contributed by atoms with Crippen LogP contribution in [0.3, 0.4) is 0 Å². The average molecular weight is 379 g/mol. The second-order valence-electron chi connectivity index (χ2n) is 6.36. The largest absolute Gasteiger partial charge is 0.280 e. The maximum Gasteiger partial charge on any atom is 0.261 e. The molecule has 27 heavy (non-hydrogen) atoms. The van der Waals surface area contributed by atoms with E-state index in [1.807, 2.05) is 44.2 Å². The molecular weight excluding hydrogens is 362 g/mol. The smallest absolute Gasteiger partial charge is 0.261 e. The minimum atomic E-state index is -3.64. The third-order valence-electron chi connectivity index (χ3n) is 4.10. The Hall–Kier alpha value is -3.26. The van der Waals surface area contributed by atoms with E-state index in [2.05, 4.69) is 20.0 Å². The number of benzene rings is 2. The summed E-state index contributed by atoms with van der Waals surface area (Å²) in [6, 6.07) is 16.0. The van der Waals surface area contributed by atoms with Crippen molar-refractivity contribution in [1.82, 2.24) is 19.8 Å². The van der Waals surface area contributed by atoms with E-state index in [9.17, 15) is 8.42 Å². The minimum Gasteiger partial charge on any atom is -0.280 e. The van der Waals surface area contributed by atoms with Crippen LogP contribution in [0.2, 0.25) is 0 Å². The van der Waals surface area contributed by atoms with Crippen molar-refractivity contribution >= 4 is 21.4 Å². The highest BCUT2D eigenvalue weighted by atomic mass is 32.2. The van der Waals surface area contributed by atoms with Crippen LogP contribution in [0.1, 0.15) is 11.1 Å². The molecule has 0 amide bonds. The first-order chi connectivity index (χ1) is 12.9. The quantitative estimate of drug-likeness (QED) is 0.588. The van der Waals surface area contributed by atoms with Crippen LogP contribution < -0.4 is 4.72 Å². The van der Waals surface area contributed by atoms with Crippen LogP contribution in [0.5, 0.6) is 0 Å². The highest BCUT2D eigenvalue weighted by Crippen LogP contribution is 2.22. The van der Waals surface area contributed by atoms with Crippen molar-refractivity contribution in [3.63, 3.8) is 0 Å². The molecule has 1 N–H and O–H groups in total. The van der Waals surface area contributed by atoms with Gasteiger partial charge in [0.25, 0.3) is 10.0 Å². The first kappa shape index (κ1) is 17.2. The minimum absolute atomic E-state index is 0.254. The predicted molar refractivity (Wildman–Crippen MR) is 103 cm³/mol. The van der Waals surface area contributed by atoms with E-state index in [4.69, 9.17) is 0 Å². The van der Waals surface area contributed by atoms with Gasteiger partial charge in [-0.3, -0.25) is 4.72 Å². The van der Waals surface area contributed by atoms with E-state index in [1.165, 1.54) is 6.33 Å². The zero-order valence-electron chi connectivity index (χ0n) is 14.8. The number of fused-ring (bicyclic) bond motifs is 1. The Morgan fingerprint density at radius 2 is 1.63 bits per heavy atom. The van der Waals surface area contributed by atoms with E-state index >= 15 is 0 Å². The van der Waals surface area contributed by atoms with Crippen LogP contribution in [0.25, 0.3) is 16.9 Å². The number of rotatable bonds is 4. The van der Waals surface area contributed by atoms with Gasteiger partial charge in [0.1, 0.15) is 6.33 Å². The van der Waals surface area contributed by atoms with Crippen LogP contribution in [0, 0.1) is 13.8 Å². The van der Waals surface area contributed by atoms with E-state index in [-0.39, 0.29) is 4.90 Å². The number of anilines is 1. The fraction of sp³-hybridized carbons (Fsp3) is 0.105. The van der Waals surface area contributed by atoms with Crippen LogP contribution in [0.15, 0.2) is 65.8 Å². The zero-order chi connectivity index (χ0) is 19.0. The van der Waals surface area contributed by atoms with Gasteiger partial charge in [-0.25, -0.2) is 8.42 Å². The van der Waals surface area contributed by atoms with Gasteiger partial charge >= 0.3 is 0 Å². The van der Waals surface area contributed by atoms with Crippen molar-refractivity contribution in [3.8, 4) is 11.3 Å². The monoisotopic (exact) mass is 379 g/mol. The lowest BCUT2D eigenvalue weighted by molar-refractivity contribution is 0.601. The van der Waals surface area contributed by atoms with Gasteiger partial charge in [0.15, 0.2) is 5.65 Å². The number of nitrogens with one attached hydrogen (secondary N) is 1.